The molecule has 0 saturated heterocycles. The van der Waals surface area contributed by atoms with Crippen LogP contribution in [0.2, 0.25) is 0 Å². The molecule has 0 aromatic heterocycles. The van der Waals surface area contributed by atoms with Gasteiger partial charge in [0.05, 0.1) is 0 Å². The summed E-state index contributed by atoms with van der Waals surface area (Å²) in [7, 11) is 0. The van der Waals surface area contributed by atoms with E-state index in [0.29, 0.717) is 0 Å². The van der Waals surface area contributed by atoms with Gasteiger partial charge in [-0.2, -0.15) is 5.84 Å². The topological polar surface area (TPSA) is 110 Å². The zero-order valence-corrected chi connectivity index (χ0v) is 6.15. The molecule has 0 rings (SSSR count). The molecule has 0 aliphatic rings. The van der Waals surface area contributed by atoms with Gasteiger partial charge in [-0.25, -0.2) is 10.1 Å². The molecular formula is C4H14N2O4. The third-order valence-electron chi connectivity index (χ3n) is 0. The Labute approximate surface area is 59.4 Å². The van der Waals surface area contributed by atoms with Crippen LogP contribution < -0.4 is 5.84 Å². The number of aliphatic hydroxyl groups excluding tert-OH is 2. The van der Waals surface area contributed by atoms with Crippen LogP contribution in [0.1, 0.15) is 13.8 Å². The van der Waals surface area contributed by atoms with E-state index in [1.807, 2.05) is 0 Å². The van der Waals surface area contributed by atoms with E-state index in [4.69, 9.17) is 20.3 Å². The van der Waals surface area contributed by atoms with Crippen LogP contribution in [0.4, 0.5) is 0 Å². The van der Waals surface area contributed by atoms with Gasteiger partial charge in [-0.1, -0.05) is 0 Å². The molecule has 0 radical (unpaired) electrons. The van der Waals surface area contributed by atoms with Gasteiger partial charge in [0.15, 0.2) is 5.03 Å². The molecule has 6 nitrogen and oxygen atoms in total. The number of hydrogen-bond acceptors (Lipinski definition) is 4. The monoisotopic (exact) mass is 154 g/mol. The van der Waals surface area contributed by atoms with Gasteiger partial charge in [0, 0.05) is 13.2 Å². The molecule has 0 saturated carbocycles. The highest BCUT2D eigenvalue weighted by Gasteiger charge is 1.57. The molecule has 10 heavy (non-hydrogen) atoms. The zero-order chi connectivity index (χ0) is 8.99. The Hall–Kier alpha value is -0.880. The molecule has 0 heterocycles. The Balaban J connectivity index is -0.0000000750. The molecular weight excluding hydrogens is 140 g/mol. The van der Waals surface area contributed by atoms with E-state index in [2.05, 4.69) is 5.84 Å². The van der Waals surface area contributed by atoms with Gasteiger partial charge in [0.25, 0.3) is 0 Å². The van der Waals surface area contributed by atoms with E-state index in [-0.39, 0.29) is 13.2 Å². The van der Waals surface area contributed by atoms with Crippen molar-refractivity contribution in [1.82, 2.24) is 0 Å². The summed E-state index contributed by atoms with van der Waals surface area (Å²) >= 11 is 0. The summed E-state index contributed by atoms with van der Waals surface area (Å²) in [6.07, 6.45) is 0. The highest BCUT2D eigenvalue weighted by Crippen LogP contribution is 1.30. The maximum absolute atomic E-state index is 8.58. The number of nitro groups is 1. The number of rotatable bonds is 0. The summed E-state index contributed by atoms with van der Waals surface area (Å²) < 4.78 is 0. The van der Waals surface area contributed by atoms with Crippen LogP contribution in [-0.4, -0.2) is 28.5 Å². The molecule has 0 aliphatic heterocycles. The second-order valence-corrected chi connectivity index (χ2v) is 0.918. The van der Waals surface area contributed by atoms with Gasteiger partial charge >= 0.3 is 0 Å². The summed E-state index contributed by atoms with van der Waals surface area (Å²) in [6.45, 7) is 3.86. The molecule has 0 spiro atoms. The minimum absolute atomic E-state index is 0.250. The second kappa shape index (κ2) is 24.3. The van der Waals surface area contributed by atoms with Crippen LogP contribution in [0.25, 0.3) is 0 Å². The largest absolute Gasteiger partial charge is 0.397 e. The quantitative estimate of drug-likeness (QED) is 0.239. The van der Waals surface area contributed by atoms with Crippen molar-refractivity contribution in [2.24, 2.45) is 5.84 Å². The van der Waals surface area contributed by atoms with E-state index in [0.717, 1.165) is 0 Å². The average Bonchev–Trinajstić information content (AvgIpc) is 1.65. The van der Waals surface area contributed by atoms with E-state index in [1.165, 1.54) is 0 Å². The highest BCUT2D eigenvalue weighted by molar-refractivity contribution is 3.87. The van der Waals surface area contributed by atoms with Crippen molar-refractivity contribution in [3.63, 3.8) is 0 Å². The van der Waals surface area contributed by atoms with Gasteiger partial charge < -0.3 is 10.2 Å². The van der Waals surface area contributed by atoms with Crippen LogP contribution >= 0.6 is 0 Å². The van der Waals surface area contributed by atoms with Crippen molar-refractivity contribution < 1.29 is 15.2 Å². The molecule has 0 aromatic rings. The Morgan fingerprint density at radius 1 is 1.40 bits per heavy atom. The van der Waals surface area contributed by atoms with Crippen molar-refractivity contribution in [2.45, 2.75) is 13.8 Å². The molecule has 0 bridgehead atoms. The lowest BCUT2D eigenvalue weighted by atomic mass is 10.9. The fraction of sp³-hybridized carbons (Fsp3) is 1.00. The number of aliphatic hydroxyl groups is 2. The summed E-state index contributed by atoms with van der Waals surface area (Å²) in [6, 6.07) is 0. The summed E-state index contributed by atoms with van der Waals surface area (Å²) in [5.41, 5.74) is 0. The molecule has 6 heteroatoms. The minimum Gasteiger partial charge on any atom is -0.397 e. The number of hydrogen-bond donors (Lipinski definition) is 3. The van der Waals surface area contributed by atoms with Crippen molar-refractivity contribution in [3.8, 4) is 0 Å². The molecule has 0 aliphatic carbocycles. The molecule has 0 aromatic carbocycles. The lowest BCUT2D eigenvalue weighted by molar-refractivity contribution is -0.491. The van der Waals surface area contributed by atoms with Crippen molar-refractivity contribution in [3.05, 3.63) is 10.1 Å². The maximum Gasteiger partial charge on any atom is 0.154 e. The highest BCUT2D eigenvalue weighted by atomic mass is 16.7. The average molecular weight is 154 g/mol. The van der Waals surface area contributed by atoms with Gasteiger partial charge in [-0.05, 0) is 13.8 Å². The van der Waals surface area contributed by atoms with Crippen LogP contribution in [-0.2, 0) is 0 Å². The van der Waals surface area contributed by atoms with Gasteiger partial charge in [0.1, 0.15) is 0 Å². The Kier molecular flexibility index (Phi) is 38.9. The van der Waals surface area contributed by atoms with E-state index >= 15 is 0 Å². The van der Waals surface area contributed by atoms with Crippen LogP contribution in [0.3, 0.4) is 0 Å². The van der Waals surface area contributed by atoms with E-state index in [9.17, 15) is 0 Å². The van der Waals surface area contributed by atoms with Crippen LogP contribution in [0, 0.1) is 10.1 Å². The standard InChI is InChI=1S/2C2H6O.H2N2O2/c2*1-2-3;1-2(3)4/h2*3H,2H2,1H3;1H2. The van der Waals surface area contributed by atoms with Crippen LogP contribution in [0.15, 0.2) is 0 Å². The fourth-order valence-corrected chi connectivity index (χ4v) is 0. The van der Waals surface area contributed by atoms with E-state index < -0.39 is 5.03 Å². The van der Waals surface area contributed by atoms with Crippen molar-refractivity contribution in [1.29, 1.82) is 0 Å². The lowest BCUT2D eigenvalue weighted by Gasteiger charge is -1.61. The van der Waals surface area contributed by atoms with Gasteiger partial charge in [0.2, 0.25) is 0 Å². The first-order valence-electron chi connectivity index (χ1n) is 2.67. The predicted octanol–water partition coefficient (Wildman–Crippen LogP) is -0.866. The lowest BCUT2D eigenvalue weighted by Crippen LogP contribution is -2.04. The fourth-order valence-electron chi connectivity index (χ4n) is 0. The predicted molar refractivity (Wildman–Crippen MR) is 36.7 cm³/mol. The summed E-state index contributed by atoms with van der Waals surface area (Å²) in [5, 5.41) is 22.7. The summed E-state index contributed by atoms with van der Waals surface area (Å²) in [4.78, 5) is 8.58. The molecule has 0 atom stereocenters. The second-order valence-electron chi connectivity index (χ2n) is 0.918. The first kappa shape index (κ1) is 16.1. The molecule has 0 amide bonds. The van der Waals surface area contributed by atoms with Gasteiger partial charge in [-0.15, -0.1) is 0 Å². The first-order valence-corrected chi connectivity index (χ1v) is 2.67. The third-order valence-corrected chi connectivity index (χ3v) is 0. The van der Waals surface area contributed by atoms with E-state index in [1.54, 1.807) is 13.8 Å². The van der Waals surface area contributed by atoms with Crippen molar-refractivity contribution in [2.75, 3.05) is 13.2 Å². The molecule has 0 fully saturated rings. The third kappa shape index (κ3) is 344. The molecule has 4 N–H and O–H groups in total. The first-order chi connectivity index (χ1) is 4.56. The SMILES string of the molecule is CCO.CCO.N[N+](=O)[O-]. The Bertz CT molecular complexity index is 53.2. The number of hydrazine groups is 1. The normalized spacial score (nSPS) is 6.00. The smallest absolute Gasteiger partial charge is 0.154 e. The minimum atomic E-state index is -1.00. The molecule has 0 unspecified atom stereocenters. The summed E-state index contributed by atoms with van der Waals surface area (Å²) in [5.74, 6) is 3.83. The Morgan fingerprint density at radius 2 is 1.40 bits per heavy atom. The number of nitrogens with two attached hydrogens (primary N) is 1. The molecule has 64 valence electrons. The van der Waals surface area contributed by atoms with Gasteiger partial charge in [-0.3, -0.25) is 0 Å². The van der Waals surface area contributed by atoms with Crippen LogP contribution in [0.5, 0.6) is 0 Å². The number of nitrogens with zero attached hydrogens (tertiary/aromatic N) is 1. The maximum atomic E-state index is 8.58. The Morgan fingerprint density at radius 3 is 1.40 bits per heavy atom. The zero-order valence-electron chi connectivity index (χ0n) is 6.15. The van der Waals surface area contributed by atoms with Crippen molar-refractivity contribution >= 4 is 0 Å².